The maximum absolute atomic E-state index is 3.50. The SMILES string of the molecule is CCC1CCCC(Sc2cccc(CNC(C)C)c2)C1. The average molecular weight is 292 g/mol. The minimum atomic E-state index is 0.551. The van der Waals surface area contributed by atoms with Crippen molar-refractivity contribution in [2.75, 3.05) is 0 Å². The van der Waals surface area contributed by atoms with Gasteiger partial charge in [-0.25, -0.2) is 0 Å². The monoisotopic (exact) mass is 291 g/mol. The molecule has 1 aliphatic rings. The summed E-state index contributed by atoms with van der Waals surface area (Å²) in [6, 6.07) is 9.64. The van der Waals surface area contributed by atoms with Crippen LogP contribution in [0.3, 0.4) is 0 Å². The maximum atomic E-state index is 3.50. The molecule has 0 radical (unpaired) electrons. The zero-order chi connectivity index (χ0) is 14.4. The van der Waals surface area contributed by atoms with Gasteiger partial charge in [-0.05, 0) is 36.5 Å². The molecule has 1 nitrogen and oxygen atoms in total. The molecule has 20 heavy (non-hydrogen) atoms. The van der Waals surface area contributed by atoms with Gasteiger partial charge in [0.05, 0.1) is 0 Å². The predicted molar refractivity (Wildman–Crippen MR) is 90.3 cm³/mol. The molecule has 0 aliphatic heterocycles. The van der Waals surface area contributed by atoms with Crippen molar-refractivity contribution in [1.29, 1.82) is 0 Å². The molecule has 0 saturated heterocycles. The third-order valence-corrected chi connectivity index (χ3v) is 5.52. The van der Waals surface area contributed by atoms with Gasteiger partial charge in [0.2, 0.25) is 0 Å². The van der Waals surface area contributed by atoms with Crippen molar-refractivity contribution in [3.05, 3.63) is 29.8 Å². The summed E-state index contributed by atoms with van der Waals surface area (Å²) in [5.74, 6) is 0.965. The Morgan fingerprint density at radius 1 is 1.30 bits per heavy atom. The maximum Gasteiger partial charge on any atom is 0.0208 e. The predicted octanol–water partition coefficient (Wildman–Crippen LogP) is 5.25. The largest absolute Gasteiger partial charge is 0.310 e. The van der Waals surface area contributed by atoms with E-state index in [0.717, 1.165) is 17.7 Å². The molecule has 1 saturated carbocycles. The molecule has 2 rings (SSSR count). The Bertz CT molecular complexity index is 402. The fraction of sp³-hybridized carbons (Fsp3) is 0.667. The Morgan fingerprint density at radius 3 is 2.90 bits per heavy atom. The zero-order valence-electron chi connectivity index (χ0n) is 13.2. The molecule has 1 fully saturated rings. The Hall–Kier alpha value is -0.470. The Morgan fingerprint density at radius 2 is 2.15 bits per heavy atom. The van der Waals surface area contributed by atoms with Crippen LogP contribution in [0.4, 0.5) is 0 Å². The van der Waals surface area contributed by atoms with E-state index in [1.54, 1.807) is 0 Å². The van der Waals surface area contributed by atoms with Crippen molar-refractivity contribution < 1.29 is 0 Å². The van der Waals surface area contributed by atoms with E-state index in [-0.39, 0.29) is 0 Å². The van der Waals surface area contributed by atoms with Crippen LogP contribution >= 0.6 is 11.8 Å². The second kappa shape index (κ2) is 8.09. The van der Waals surface area contributed by atoms with Crippen LogP contribution in [-0.2, 0) is 6.54 Å². The highest BCUT2D eigenvalue weighted by Gasteiger charge is 2.21. The van der Waals surface area contributed by atoms with Gasteiger partial charge in [-0.1, -0.05) is 52.2 Å². The first-order chi connectivity index (χ1) is 9.67. The summed E-state index contributed by atoms with van der Waals surface area (Å²) in [7, 11) is 0. The van der Waals surface area contributed by atoms with Crippen LogP contribution in [-0.4, -0.2) is 11.3 Å². The highest BCUT2D eigenvalue weighted by molar-refractivity contribution is 8.00. The van der Waals surface area contributed by atoms with Gasteiger partial charge in [0.25, 0.3) is 0 Å². The molecule has 1 aliphatic carbocycles. The van der Waals surface area contributed by atoms with Gasteiger partial charge >= 0.3 is 0 Å². The van der Waals surface area contributed by atoms with Crippen molar-refractivity contribution in [1.82, 2.24) is 5.32 Å². The fourth-order valence-electron chi connectivity index (χ4n) is 2.96. The lowest BCUT2D eigenvalue weighted by molar-refractivity contribution is 0.357. The first kappa shape index (κ1) is 15.9. The minimum Gasteiger partial charge on any atom is -0.310 e. The first-order valence-corrected chi connectivity index (χ1v) is 9.04. The van der Waals surface area contributed by atoms with E-state index >= 15 is 0 Å². The third-order valence-electron chi connectivity index (χ3n) is 4.23. The molecule has 1 aromatic carbocycles. The van der Waals surface area contributed by atoms with Gasteiger partial charge in [0.1, 0.15) is 0 Å². The van der Waals surface area contributed by atoms with Crippen LogP contribution in [0.2, 0.25) is 0 Å². The van der Waals surface area contributed by atoms with Crippen LogP contribution in [0.5, 0.6) is 0 Å². The topological polar surface area (TPSA) is 12.0 Å². The van der Waals surface area contributed by atoms with Crippen molar-refractivity contribution in [2.45, 2.75) is 75.6 Å². The highest BCUT2D eigenvalue weighted by atomic mass is 32.2. The number of hydrogen-bond acceptors (Lipinski definition) is 2. The van der Waals surface area contributed by atoms with E-state index in [9.17, 15) is 0 Å². The molecule has 112 valence electrons. The smallest absolute Gasteiger partial charge is 0.0208 e. The van der Waals surface area contributed by atoms with E-state index in [2.05, 4.69) is 62.1 Å². The minimum absolute atomic E-state index is 0.551. The van der Waals surface area contributed by atoms with E-state index in [1.165, 1.54) is 42.6 Å². The standard InChI is InChI=1S/C18H29NS/c1-4-15-7-5-9-17(11-15)20-18-10-6-8-16(12-18)13-19-14(2)3/h6,8,10,12,14-15,17,19H,4-5,7,9,11,13H2,1-3H3. The molecule has 0 aromatic heterocycles. The summed E-state index contributed by atoms with van der Waals surface area (Å²) in [4.78, 5) is 1.45. The Kier molecular flexibility index (Phi) is 6.44. The number of nitrogens with one attached hydrogen (secondary N) is 1. The molecule has 1 N–H and O–H groups in total. The second-order valence-electron chi connectivity index (χ2n) is 6.36. The van der Waals surface area contributed by atoms with Gasteiger partial charge in [0, 0.05) is 22.7 Å². The molecule has 0 heterocycles. The molecular formula is C18H29NS. The normalized spacial score (nSPS) is 23.2. The number of benzene rings is 1. The van der Waals surface area contributed by atoms with Crippen molar-refractivity contribution in [2.24, 2.45) is 5.92 Å². The van der Waals surface area contributed by atoms with Gasteiger partial charge in [-0.2, -0.15) is 0 Å². The molecule has 0 amide bonds. The quantitative estimate of drug-likeness (QED) is 0.768. The lowest BCUT2D eigenvalue weighted by Crippen LogP contribution is -2.21. The second-order valence-corrected chi connectivity index (χ2v) is 7.74. The van der Waals surface area contributed by atoms with Gasteiger partial charge in [-0.3, -0.25) is 0 Å². The third kappa shape index (κ3) is 5.14. The van der Waals surface area contributed by atoms with E-state index in [4.69, 9.17) is 0 Å². The molecule has 2 heteroatoms. The molecule has 1 aromatic rings. The summed E-state index contributed by atoms with van der Waals surface area (Å²) >= 11 is 2.10. The summed E-state index contributed by atoms with van der Waals surface area (Å²) in [5.41, 5.74) is 1.41. The zero-order valence-corrected chi connectivity index (χ0v) is 14.0. The van der Waals surface area contributed by atoms with Crippen LogP contribution in [0.25, 0.3) is 0 Å². The van der Waals surface area contributed by atoms with E-state index in [1.807, 2.05) is 0 Å². The van der Waals surface area contributed by atoms with Gasteiger partial charge in [-0.15, -0.1) is 11.8 Å². The van der Waals surface area contributed by atoms with Crippen molar-refractivity contribution >= 4 is 11.8 Å². The molecule has 2 unspecified atom stereocenters. The van der Waals surface area contributed by atoms with E-state index < -0.39 is 0 Å². The van der Waals surface area contributed by atoms with E-state index in [0.29, 0.717) is 6.04 Å². The number of rotatable bonds is 6. The van der Waals surface area contributed by atoms with Crippen molar-refractivity contribution in [3.8, 4) is 0 Å². The van der Waals surface area contributed by atoms with Gasteiger partial charge < -0.3 is 5.32 Å². The van der Waals surface area contributed by atoms with Gasteiger partial charge in [0.15, 0.2) is 0 Å². The first-order valence-electron chi connectivity index (χ1n) is 8.16. The average Bonchev–Trinajstić information content (AvgIpc) is 2.46. The van der Waals surface area contributed by atoms with Crippen molar-refractivity contribution in [3.63, 3.8) is 0 Å². The lowest BCUT2D eigenvalue weighted by Gasteiger charge is -2.28. The summed E-state index contributed by atoms with van der Waals surface area (Å²) < 4.78 is 0. The molecule has 2 atom stereocenters. The molecule has 0 spiro atoms. The summed E-state index contributed by atoms with van der Waals surface area (Å²) in [5, 5.41) is 4.33. The van der Waals surface area contributed by atoms with Crippen LogP contribution in [0.1, 0.15) is 58.4 Å². The number of hydrogen-bond donors (Lipinski definition) is 1. The Balaban J connectivity index is 1.90. The lowest BCUT2D eigenvalue weighted by atomic mass is 9.87. The summed E-state index contributed by atoms with van der Waals surface area (Å²) in [6.07, 6.45) is 7.04. The Labute approximate surface area is 128 Å². The molecule has 0 bridgehead atoms. The van der Waals surface area contributed by atoms with Crippen LogP contribution in [0, 0.1) is 5.92 Å². The van der Waals surface area contributed by atoms with Crippen LogP contribution in [0.15, 0.2) is 29.2 Å². The fourth-order valence-corrected chi connectivity index (χ4v) is 4.38. The highest BCUT2D eigenvalue weighted by Crippen LogP contribution is 2.37. The number of thioether (sulfide) groups is 1. The van der Waals surface area contributed by atoms with Crippen LogP contribution < -0.4 is 5.32 Å². The molecular weight excluding hydrogens is 262 g/mol. The summed E-state index contributed by atoms with van der Waals surface area (Å²) in [6.45, 7) is 7.72.